The van der Waals surface area contributed by atoms with Gasteiger partial charge in [-0.15, -0.1) is 0 Å². The minimum Gasteiger partial charge on any atom is -0.492 e. The van der Waals surface area contributed by atoms with E-state index in [9.17, 15) is 14.0 Å². The predicted molar refractivity (Wildman–Crippen MR) is 117 cm³/mol. The third-order valence-electron chi connectivity index (χ3n) is 5.04. The van der Waals surface area contributed by atoms with Crippen LogP contribution in [0.25, 0.3) is 11.3 Å². The maximum Gasteiger partial charge on any atom is 0.404 e. The standard InChI is InChI=1S/C22H22FN5O5/c1-31-20-13(23)3-2-4-15(20)28-19-17-14(6-8-26-21(17)29)27-18(19)12-5-7-25-11-16(12)32-9-10-33-22(24)30/h2-5,7,11,27-28H,6,8-10H2,1H3,(H2,24,30)(H,26,29). The molecule has 33 heavy (non-hydrogen) atoms. The fraction of sp³-hybridized carbons (Fsp3) is 0.227. The van der Waals surface area contributed by atoms with E-state index in [0.717, 1.165) is 5.69 Å². The Morgan fingerprint density at radius 1 is 1.30 bits per heavy atom. The molecule has 0 saturated carbocycles. The number of fused-ring (bicyclic) bond motifs is 1. The number of primary amides is 1. The zero-order valence-electron chi connectivity index (χ0n) is 17.7. The van der Waals surface area contributed by atoms with Crippen LogP contribution in [0.3, 0.4) is 0 Å². The van der Waals surface area contributed by atoms with Gasteiger partial charge in [0.2, 0.25) is 0 Å². The Hall–Kier alpha value is -4.28. The fourth-order valence-corrected chi connectivity index (χ4v) is 3.65. The monoisotopic (exact) mass is 455 g/mol. The third kappa shape index (κ3) is 4.52. The molecule has 1 aliphatic heterocycles. The summed E-state index contributed by atoms with van der Waals surface area (Å²) >= 11 is 0. The lowest BCUT2D eigenvalue weighted by atomic mass is 10.0. The summed E-state index contributed by atoms with van der Waals surface area (Å²) in [6.07, 6.45) is 2.77. The van der Waals surface area contributed by atoms with Gasteiger partial charge in [0.25, 0.3) is 5.91 Å². The number of para-hydroxylation sites is 1. The summed E-state index contributed by atoms with van der Waals surface area (Å²) in [6, 6.07) is 6.19. The largest absolute Gasteiger partial charge is 0.492 e. The quantitative estimate of drug-likeness (QED) is 0.383. The number of hydrogen-bond donors (Lipinski definition) is 4. The predicted octanol–water partition coefficient (Wildman–Crippen LogP) is 2.73. The Morgan fingerprint density at radius 2 is 2.15 bits per heavy atom. The molecule has 0 saturated heterocycles. The lowest BCUT2D eigenvalue weighted by Gasteiger charge is -2.17. The van der Waals surface area contributed by atoms with E-state index in [1.165, 1.54) is 19.4 Å². The number of nitrogens with zero attached hydrogens (tertiary/aromatic N) is 1. The molecule has 1 aliphatic rings. The molecule has 2 aromatic heterocycles. The first-order chi connectivity index (χ1) is 16.0. The number of aromatic nitrogens is 2. The second kappa shape index (κ2) is 9.47. The second-order valence-electron chi connectivity index (χ2n) is 7.07. The number of carbonyl (C=O) groups is 2. The smallest absolute Gasteiger partial charge is 0.404 e. The molecule has 2 amide bonds. The summed E-state index contributed by atoms with van der Waals surface area (Å²) in [5, 5.41) is 5.99. The number of benzene rings is 1. The number of carbonyl (C=O) groups excluding carboxylic acids is 2. The first kappa shape index (κ1) is 21.9. The van der Waals surface area contributed by atoms with Crippen LogP contribution in [0.4, 0.5) is 20.6 Å². The summed E-state index contributed by atoms with van der Waals surface area (Å²) in [5.74, 6) is -0.397. The van der Waals surface area contributed by atoms with Crippen molar-refractivity contribution >= 4 is 23.4 Å². The van der Waals surface area contributed by atoms with Gasteiger partial charge in [-0.05, 0) is 18.2 Å². The van der Waals surface area contributed by atoms with Gasteiger partial charge < -0.3 is 35.6 Å². The third-order valence-corrected chi connectivity index (χ3v) is 5.04. The minimum atomic E-state index is -0.899. The Morgan fingerprint density at radius 3 is 2.94 bits per heavy atom. The SMILES string of the molecule is COc1c(F)cccc1Nc1c(-c2ccncc2OCCOC(N)=O)[nH]c2c1C(=O)NCC2. The molecule has 0 radical (unpaired) electrons. The maximum atomic E-state index is 14.3. The summed E-state index contributed by atoms with van der Waals surface area (Å²) in [6.45, 7) is 0.487. The number of H-pyrrole nitrogens is 1. The van der Waals surface area contributed by atoms with Crippen molar-refractivity contribution < 1.29 is 28.2 Å². The molecule has 0 atom stereocenters. The second-order valence-corrected chi connectivity index (χ2v) is 7.07. The molecule has 0 fully saturated rings. The number of aromatic amines is 1. The van der Waals surface area contributed by atoms with Crippen molar-refractivity contribution in [3.63, 3.8) is 0 Å². The zero-order chi connectivity index (χ0) is 23.4. The van der Waals surface area contributed by atoms with E-state index < -0.39 is 11.9 Å². The van der Waals surface area contributed by atoms with Gasteiger partial charge in [-0.3, -0.25) is 9.78 Å². The van der Waals surface area contributed by atoms with E-state index >= 15 is 0 Å². The van der Waals surface area contributed by atoms with Gasteiger partial charge in [-0.25, -0.2) is 9.18 Å². The number of rotatable bonds is 8. The van der Waals surface area contributed by atoms with Crippen LogP contribution in [0, 0.1) is 5.82 Å². The van der Waals surface area contributed by atoms with E-state index in [0.29, 0.717) is 46.9 Å². The van der Waals surface area contributed by atoms with E-state index in [1.54, 1.807) is 24.4 Å². The van der Waals surface area contributed by atoms with Crippen LogP contribution < -0.4 is 25.8 Å². The lowest BCUT2D eigenvalue weighted by Crippen LogP contribution is -2.31. The number of pyridine rings is 1. The molecule has 5 N–H and O–H groups in total. The number of amides is 2. The first-order valence-electron chi connectivity index (χ1n) is 10.1. The van der Waals surface area contributed by atoms with E-state index in [4.69, 9.17) is 19.9 Å². The summed E-state index contributed by atoms with van der Waals surface area (Å²) in [4.78, 5) is 30.9. The number of ether oxygens (including phenoxy) is 3. The molecule has 172 valence electrons. The van der Waals surface area contributed by atoms with Crippen molar-refractivity contribution in [2.24, 2.45) is 5.73 Å². The number of methoxy groups -OCH3 is 1. The van der Waals surface area contributed by atoms with Gasteiger partial charge in [-0.1, -0.05) is 6.07 Å². The Labute approximate surface area is 188 Å². The average Bonchev–Trinajstić information content (AvgIpc) is 3.16. The topological polar surface area (TPSA) is 141 Å². The highest BCUT2D eigenvalue weighted by atomic mass is 19.1. The molecule has 4 rings (SSSR count). The van der Waals surface area contributed by atoms with Gasteiger partial charge in [0.15, 0.2) is 11.6 Å². The first-order valence-corrected chi connectivity index (χ1v) is 10.1. The fourth-order valence-electron chi connectivity index (χ4n) is 3.65. The number of nitrogens with one attached hydrogen (secondary N) is 3. The van der Waals surface area contributed by atoms with Gasteiger partial charge in [0.1, 0.15) is 19.0 Å². The summed E-state index contributed by atoms with van der Waals surface area (Å²) in [5.41, 5.74) is 8.07. The van der Waals surface area contributed by atoms with Crippen molar-refractivity contribution in [2.45, 2.75) is 6.42 Å². The molecule has 1 aromatic carbocycles. The van der Waals surface area contributed by atoms with Gasteiger partial charge in [0.05, 0.1) is 35.9 Å². The Bertz CT molecular complexity index is 1200. The van der Waals surface area contributed by atoms with Crippen LogP contribution in [0.2, 0.25) is 0 Å². The highest BCUT2D eigenvalue weighted by Crippen LogP contribution is 2.41. The number of hydrogen-bond acceptors (Lipinski definition) is 7. The molecular weight excluding hydrogens is 433 g/mol. The lowest BCUT2D eigenvalue weighted by molar-refractivity contribution is 0.0946. The molecule has 3 aromatic rings. The summed E-state index contributed by atoms with van der Waals surface area (Å²) < 4.78 is 29.9. The highest BCUT2D eigenvalue weighted by Gasteiger charge is 2.28. The molecule has 10 nitrogen and oxygen atoms in total. The average molecular weight is 455 g/mol. The van der Waals surface area contributed by atoms with Crippen molar-refractivity contribution in [1.82, 2.24) is 15.3 Å². The highest BCUT2D eigenvalue weighted by molar-refractivity contribution is 6.06. The zero-order valence-corrected chi connectivity index (χ0v) is 17.7. The number of nitrogens with two attached hydrogens (primary N) is 1. The molecule has 3 heterocycles. The van der Waals surface area contributed by atoms with Crippen LogP contribution in [0.5, 0.6) is 11.5 Å². The van der Waals surface area contributed by atoms with E-state index in [-0.39, 0.29) is 24.9 Å². The summed E-state index contributed by atoms with van der Waals surface area (Å²) in [7, 11) is 1.37. The minimum absolute atomic E-state index is 0.0180. The van der Waals surface area contributed by atoms with Crippen LogP contribution >= 0.6 is 0 Å². The molecule has 0 bridgehead atoms. The van der Waals surface area contributed by atoms with Crippen molar-refractivity contribution in [1.29, 1.82) is 0 Å². The number of halogens is 1. The van der Waals surface area contributed by atoms with Crippen molar-refractivity contribution in [2.75, 3.05) is 32.2 Å². The van der Waals surface area contributed by atoms with Gasteiger partial charge >= 0.3 is 6.09 Å². The Balaban J connectivity index is 1.77. The van der Waals surface area contributed by atoms with Crippen LogP contribution in [0.1, 0.15) is 16.1 Å². The molecule has 11 heteroatoms. The molecule has 0 aliphatic carbocycles. The van der Waals surface area contributed by atoms with Crippen LogP contribution in [-0.2, 0) is 11.2 Å². The van der Waals surface area contributed by atoms with Crippen molar-refractivity contribution in [3.8, 4) is 22.8 Å². The molecule has 0 unspecified atom stereocenters. The van der Waals surface area contributed by atoms with Crippen LogP contribution in [0.15, 0.2) is 36.7 Å². The number of anilines is 2. The van der Waals surface area contributed by atoms with Crippen LogP contribution in [-0.4, -0.2) is 48.8 Å². The van der Waals surface area contributed by atoms with Gasteiger partial charge in [0, 0.05) is 30.4 Å². The van der Waals surface area contributed by atoms with E-state index in [1.807, 2.05) is 0 Å². The maximum absolute atomic E-state index is 14.3. The molecule has 0 spiro atoms. The van der Waals surface area contributed by atoms with E-state index in [2.05, 4.69) is 20.6 Å². The molecular formula is C22H22FN5O5. The van der Waals surface area contributed by atoms with Crippen molar-refractivity contribution in [3.05, 3.63) is 53.7 Å². The van der Waals surface area contributed by atoms with Gasteiger partial charge in [-0.2, -0.15) is 0 Å². The normalized spacial score (nSPS) is 12.5. The Kier molecular flexibility index (Phi) is 6.29.